The second kappa shape index (κ2) is 10.6. The smallest absolute Gasteiger partial charge is 0.369 e. The van der Waals surface area contributed by atoms with Gasteiger partial charge in [0.15, 0.2) is 0 Å². The quantitative estimate of drug-likeness (QED) is 0.297. The van der Waals surface area contributed by atoms with E-state index in [1.807, 2.05) is 6.07 Å². The third kappa shape index (κ3) is 5.19. The van der Waals surface area contributed by atoms with E-state index in [1.165, 1.54) is 28.9 Å². The Labute approximate surface area is 239 Å². The summed E-state index contributed by atoms with van der Waals surface area (Å²) < 4.78 is 44.6. The molecular formula is C30H28F3N7O2. The number of carbonyl (C=O) groups is 2. The largest absolute Gasteiger partial charge is 0.417 e. The molecule has 1 unspecified atom stereocenters. The molecule has 12 heteroatoms. The van der Waals surface area contributed by atoms with E-state index in [0.29, 0.717) is 30.2 Å². The van der Waals surface area contributed by atoms with Gasteiger partial charge in [-0.15, -0.1) is 0 Å². The number of amides is 2. The van der Waals surface area contributed by atoms with Gasteiger partial charge in [-0.3, -0.25) is 14.0 Å². The number of nitrogens with one attached hydrogen (secondary N) is 1. The lowest BCUT2D eigenvalue weighted by molar-refractivity contribution is -0.137. The number of nitrogens with zero attached hydrogens (tertiary/aromatic N) is 5. The van der Waals surface area contributed by atoms with E-state index in [0.717, 1.165) is 43.4 Å². The monoisotopic (exact) mass is 575 g/mol. The SMILES string of the molecule is C=CC(=O)N1CCCC(c2nc(-c3ccc(C(=O)Nc4cc(C5CC5)ccn4)c(C(F)(F)F)c3)n3c(N)nccc23)C1. The molecule has 0 radical (unpaired) electrons. The summed E-state index contributed by atoms with van der Waals surface area (Å²) in [6.07, 6.45) is 3.02. The summed E-state index contributed by atoms with van der Waals surface area (Å²) >= 11 is 0. The number of benzene rings is 1. The molecule has 2 amide bonds. The van der Waals surface area contributed by atoms with E-state index in [-0.39, 0.29) is 35.0 Å². The molecule has 1 aliphatic heterocycles. The van der Waals surface area contributed by atoms with Crippen LogP contribution < -0.4 is 11.1 Å². The van der Waals surface area contributed by atoms with Crippen molar-refractivity contribution in [2.45, 2.75) is 43.7 Å². The maximum atomic E-state index is 14.4. The number of piperidine rings is 1. The number of likely N-dealkylation sites (tertiary alicyclic amines) is 1. The molecule has 0 spiro atoms. The zero-order chi connectivity index (χ0) is 29.6. The lowest BCUT2D eigenvalue weighted by atomic mass is 9.94. The van der Waals surface area contributed by atoms with Gasteiger partial charge in [-0.2, -0.15) is 13.2 Å². The van der Waals surface area contributed by atoms with E-state index >= 15 is 0 Å². The van der Waals surface area contributed by atoms with Crippen molar-refractivity contribution in [2.24, 2.45) is 0 Å². The first kappa shape index (κ1) is 27.4. The maximum Gasteiger partial charge on any atom is 0.417 e. The Morgan fingerprint density at radius 2 is 1.83 bits per heavy atom. The Balaban J connectivity index is 1.39. The average Bonchev–Trinajstić information content (AvgIpc) is 3.76. The lowest BCUT2D eigenvalue weighted by Gasteiger charge is -2.31. The van der Waals surface area contributed by atoms with Crippen LogP contribution in [0.5, 0.6) is 0 Å². The predicted molar refractivity (Wildman–Crippen MR) is 151 cm³/mol. The van der Waals surface area contributed by atoms with Crippen molar-refractivity contribution in [1.29, 1.82) is 0 Å². The molecule has 6 rings (SSSR count). The number of carbonyl (C=O) groups excluding carboxylic acids is 2. The van der Waals surface area contributed by atoms with Crippen LogP contribution in [0.1, 0.15) is 64.7 Å². The Bertz CT molecular complexity index is 1710. The number of hydrogen-bond acceptors (Lipinski definition) is 6. The Morgan fingerprint density at radius 3 is 2.57 bits per heavy atom. The summed E-state index contributed by atoms with van der Waals surface area (Å²) in [5.41, 5.74) is 6.86. The number of imidazole rings is 1. The number of halogens is 3. The Hall–Kier alpha value is -4.74. The summed E-state index contributed by atoms with van der Waals surface area (Å²) in [6, 6.07) is 8.69. The summed E-state index contributed by atoms with van der Waals surface area (Å²) in [5.74, 6) is -0.479. The first-order valence-electron chi connectivity index (χ1n) is 13.7. The molecule has 4 aromatic rings. The third-order valence-electron chi connectivity index (χ3n) is 7.81. The molecule has 1 saturated heterocycles. The van der Waals surface area contributed by atoms with E-state index in [1.54, 1.807) is 17.0 Å². The molecule has 3 N–H and O–H groups in total. The van der Waals surface area contributed by atoms with Gasteiger partial charge < -0.3 is 16.0 Å². The minimum Gasteiger partial charge on any atom is -0.369 e. The zero-order valence-electron chi connectivity index (χ0n) is 22.6. The van der Waals surface area contributed by atoms with Gasteiger partial charge in [-0.05, 0) is 73.6 Å². The number of nitrogens with two attached hydrogens (primary N) is 1. The van der Waals surface area contributed by atoms with Gasteiger partial charge in [0.05, 0.1) is 22.3 Å². The van der Waals surface area contributed by atoms with E-state index in [2.05, 4.69) is 21.9 Å². The van der Waals surface area contributed by atoms with Crippen LogP contribution in [0.3, 0.4) is 0 Å². The van der Waals surface area contributed by atoms with Gasteiger partial charge in [0, 0.05) is 37.0 Å². The first-order chi connectivity index (χ1) is 20.1. The van der Waals surface area contributed by atoms with Crippen molar-refractivity contribution in [2.75, 3.05) is 24.1 Å². The van der Waals surface area contributed by atoms with Crippen molar-refractivity contribution in [3.8, 4) is 11.4 Å². The van der Waals surface area contributed by atoms with Gasteiger partial charge in [0.2, 0.25) is 11.9 Å². The van der Waals surface area contributed by atoms with Crippen LogP contribution in [0.2, 0.25) is 0 Å². The number of rotatable bonds is 6. The lowest BCUT2D eigenvalue weighted by Crippen LogP contribution is -2.38. The standard InChI is InChI=1S/C30H28F3N7O2/c1-2-25(41)39-13-3-4-20(16-39)26-23-10-12-36-29(34)40(23)27(38-26)19-7-8-21(22(14-19)30(31,32)33)28(42)37-24-15-18(9-11-35-24)17-5-6-17/h2,7-12,14-15,17,20H,1,3-6,13,16H2,(H2,34,36)(H,35,37,42). The van der Waals surface area contributed by atoms with Crippen LogP contribution in [0.15, 0.2) is 61.4 Å². The highest BCUT2D eigenvalue weighted by Crippen LogP contribution is 2.41. The fourth-order valence-electron chi connectivity index (χ4n) is 5.59. The number of alkyl halides is 3. The fourth-order valence-corrected chi connectivity index (χ4v) is 5.59. The molecular weight excluding hydrogens is 547 g/mol. The molecule has 4 heterocycles. The maximum absolute atomic E-state index is 14.4. The molecule has 2 aliphatic rings. The molecule has 1 aliphatic carbocycles. The van der Waals surface area contributed by atoms with Crippen molar-refractivity contribution in [1.82, 2.24) is 24.3 Å². The highest BCUT2D eigenvalue weighted by Gasteiger charge is 2.37. The number of aromatic nitrogens is 4. The second-order valence-electron chi connectivity index (χ2n) is 10.6. The first-order valence-corrected chi connectivity index (χ1v) is 13.7. The van der Waals surface area contributed by atoms with E-state index < -0.39 is 23.2 Å². The van der Waals surface area contributed by atoms with Gasteiger partial charge in [0.25, 0.3) is 5.91 Å². The highest BCUT2D eigenvalue weighted by molar-refractivity contribution is 6.05. The third-order valence-corrected chi connectivity index (χ3v) is 7.81. The van der Waals surface area contributed by atoms with Crippen molar-refractivity contribution < 1.29 is 22.8 Å². The van der Waals surface area contributed by atoms with Gasteiger partial charge >= 0.3 is 6.18 Å². The van der Waals surface area contributed by atoms with Crippen LogP contribution >= 0.6 is 0 Å². The minimum absolute atomic E-state index is 0.0491. The number of anilines is 2. The van der Waals surface area contributed by atoms with Gasteiger partial charge in [-0.25, -0.2) is 15.0 Å². The summed E-state index contributed by atoms with van der Waals surface area (Å²) in [5, 5.41) is 2.52. The van der Waals surface area contributed by atoms with Crippen LogP contribution in [0, 0.1) is 0 Å². The molecule has 216 valence electrons. The molecule has 9 nitrogen and oxygen atoms in total. The number of hydrogen-bond donors (Lipinski definition) is 2. The normalized spacial score (nSPS) is 17.3. The van der Waals surface area contributed by atoms with E-state index in [4.69, 9.17) is 10.7 Å². The Kier molecular flexibility index (Phi) is 6.91. The minimum atomic E-state index is -4.83. The van der Waals surface area contributed by atoms with Crippen LogP contribution in [0.25, 0.3) is 16.9 Å². The fraction of sp³-hybridized carbons (Fsp3) is 0.300. The molecule has 1 atom stereocenters. The average molecular weight is 576 g/mol. The molecule has 0 bridgehead atoms. The van der Waals surface area contributed by atoms with Gasteiger partial charge in [-0.1, -0.05) is 12.6 Å². The number of fused-ring (bicyclic) bond motifs is 1. The number of nitrogen functional groups attached to an aromatic ring is 1. The van der Waals surface area contributed by atoms with Crippen molar-refractivity contribution in [3.63, 3.8) is 0 Å². The zero-order valence-corrected chi connectivity index (χ0v) is 22.6. The second-order valence-corrected chi connectivity index (χ2v) is 10.6. The van der Waals surface area contributed by atoms with Crippen molar-refractivity contribution in [3.05, 3.63) is 83.8 Å². The molecule has 42 heavy (non-hydrogen) atoms. The number of pyridine rings is 1. The molecule has 1 saturated carbocycles. The van der Waals surface area contributed by atoms with Crippen LogP contribution in [-0.2, 0) is 11.0 Å². The molecule has 1 aromatic carbocycles. The summed E-state index contributed by atoms with van der Waals surface area (Å²) in [7, 11) is 0. The van der Waals surface area contributed by atoms with Gasteiger partial charge in [0.1, 0.15) is 11.6 Å². The van der Waals surface area contributed by atoms with E-state index in [9.17, 15) is 22.8 Å². The Morgan fingerprint density at radius 1 is 1.05 bits per heavy atom. The van der Waals surface area contributed by atoms with Crippen LogP contribution in [0.4, 0.5) is 24.9 Å². The molecule has 2 fully saturated rings. The summed E-state index contributed by atoms with van der Waals surface area (Å²) in [6.45, 7) is 4.54. The predicted octanol–water partition coefficient (Wildman–Crippen LogP) is 5.41. The van der Waals surface area contributed by atoms with Crippen molar-refractivity contribution >= 4 is 29.1 Å². The summed E-state index contributed by atoms with van der Waals surface area (Å²) in [4.78, 5) is 40.0. The molecule has 3 aromatic heterocycles. The highest BCUT2D eigenvalue weighted by atomic mass is 19.4. The topological polar surface area (TPSA) is 119 Å². The van der Waals surface area contributed by atoms with Crippen LogP contribution in [-0.4, -0.2) is 49.2 Å².